The molecule has 0 spiro atoms. The number of hydrogen-bond donors (Lipinski definition) is 0. The number of halogens is 2. The molecule has 0 bridgehead atoms. The Hall–Kier alpha value is -2.94. The second-order valence-electron chi connectivity index (χ2n) is 6.94. The van der Waals surface area contributed by atoms with Gasteiger partial charge in [-0.1, -0.05) is 5.16 Å². The van der Waals surface area contributed by atoms with Crippen molar-refractivity contribution < 1.29 is 23.2 Å². The Morgan fingerprint density at radius 2 is 2.07 bits per heavy atom. The van der Waals surface area contributed by atoms with Gasteiger partial charge in [-0.3, -0.25) is 4.79 Å². The molecular weight excluding hydrogens is 457 g/mol. The summed E-state index contributed by atoms with van der Waals surface area (Å²) in [6.45, 7) is 0.843. The quantitative estimate of drug-likeness (QED) is 0.532. The molecule has 156 valence electrons. The van der Waals surface area contributed by atoms with Gasteiger partial charge in [0.2, 0.25) is 17.6 Å². The number of carbonyl (C=O) groups excluding carboxylic acids is 1. The summed E-state index contributed by atoms with van der Waals surface area (Å²) in [6.07, 6.45) is 0.279. The maximum absolute atomic E-state index is 13.5. The standard InChI is InChI=1S/C21H19BrFN3O4/c1-28-15-4-6-18(29-2)13(7-15)10-26-11-14(9-19(26)27)21-24-20(25-30-21)12-3-5-17(23)16(22)8-12/h3-8,14H,9-11H2,1-2H3. The fraction of sp³-hybridized carbons (Fsp3) is 0.286. The zero-order chi connectivity index (χ0) is 21.3. The smallest absolute Gasteiger partial charge is 0.232 e. The first kappa shape index (κ1) is 20.3. The molecule has 0 saturated carbocycles. The highest BCUT2D eigenvalue weighted by Crippen LogP contribution is 2.32. The molecule has 3 aromatic rings. The van der Waals surface area contributed by atoms with E-state index in [9.17, 15) is 9.18 Å². The topological polar surface area (TPSA) is 77.7 Å². The number of carbonyl (C=O) groups is 1. The molecule has 0 radical (unpaired) electrons. The lowest BCUT2D eigenvalue weighted by atomic mass is 10.1. The first-order valence-corrected chi connectivity index (χ1v) is 10.1. The van der Waals surface area contributed by atoms with E-state index in [0.717, 1.165) is 5.56 Å². The number of benzene rings is 2. The molecule has 1 unspecified atom stereocenters. The fourth-order valence-electron chi connectivity index (χ4n) is 3.46. The zero-order valence-electron chi connectivity index (χ0n) is 16.4. The van der Waals surface area contributed by atoms with Crippen LogP contribution in [0.2, 0.25) is 0 Å². The van der Waals surface area contributed by atoms with E-state index < -0.39 is 0 Å². The number of aromatic nitrogens is 2. The number of amides is 1. The monoisotopic (exact) mass is 475 g/mol. The lowest BCUT2D eigenvalue weighted by molar-refractivity contribution is -0.128. The Morgan fingerprint density at radius 3 is 2.80 bits per heavy atom. The predicted molar refractivity (Wildman–Crippen MR) is 110 cm³/mol. The Kier molecular flexibility index (Phi) is 5.72. The van der Waals surface area contributed by atoms with Crippen molar-refractivity contribution in [1.82, 2.24) is 15.0 Å². The summed E-state index contributed by atoms with van der Waals surface area (Å²) in [7, 11) is 3.18. The van der Waals surface area contributed by atoms with E-state index in [-0.39, 0.29) is 24.1 Å². The van der Waals surface area contributed by atoms with Gasteiger partial charge < -0.3 is 18.9 Å². The highest BCUT2D eigenvalue weighted by atomic mass is 79.9. The van der Waals surface area contributed by atoms with E-state index >= 15 is 0 Å². The molecule has 1 aliphatic rings. The number of rotatable bonds is 6. The van der Waals surface area contributed by atoms with Crippen LogP contribution in [-0.2, 0) is 11.3 Å². The third kappa shape index (κ3) is 4.02. The number of nitrogens with zero attached hydrogens (tertiary/aromatic N) is 3. The van der Waals surface area contributed by atoms with Gasteiger partial charge in [-0.15, -0.1) is 0 Å². The maximum Gasteiger partial charge on any atom is 0.232 e. The van der Waals surface area contributed by atoms with Crippen molar-refractivity contribution in [3.8, 4) is 22.9 Å². The van der Waals surface area contributed by atoms with Crippen molar-refractivity contribution in [2.45, 2.75) is 18.9 Å². The van der Waals surface area contributed by atoms with E-state index in [1.54, 1.807) is 31.3 Å². The van der Waals surface area contributed by atoms with Crippen LogP contribution in [0.5, 0.6) is 11.5 Å². The van der Waals surface area contributed by atoms with Gasteiger partial charge in [0.05, 0.1) is 24.6 Å². The highest BCUT2D eigenvalue weighted by Gasteiger charge is 2.34. The van der Waals surface area contributed by atoms with Crippen molar-refractivity contribution >= 4 is 21.8 Å². The van der Waals surface area contributed by atoms with Gasteiger partial charge in [-0.05, 0) is 52.3 Å². The summed E-state index contributed by atoms with van der Waals surface area (Å²) >= 11 is 3.15. The third-order valence-electron chi connectivity index (χ3n) is 5.03. The van der Waals surface area contributed by atoms with Crippen molar-refractivity contribution in [3.63, 3.8) is 0 Å². The van der Waals surface area contributed by atoms with E-state index in [4.69, 9.17) is 14.0 Å². The highest BCUT2D eigenvalue weighted by molar-refractivity contribution is 9.10. The largest absolute Gasteiger partial charge is 0.497 e. The number of hydrogen-bond acceptors (Lipinski definition) is 6. The van der Waals surface area contributed by atoms with Gasteiger partial charge in [0.15, 0.2) is 0 Å². The van der Waals surface area contributed by atoms with Gasteiger partial charge in [-0.25, -0.2) is 4.39 Å². The lowest BCUT2D eigenvalue weighted by Gasteiger charge is -2.18. The minimum absolute atomic E-state index is 0.00542. The van der Waals surface area contributed by atoms with E-state index in [1.165, 1.54) is 6.07 Å². The molecule has 1 saturated heterocycles. The van der Waals surface area contributed by atoms with Crippen LogP contribution >= 0.6 is 15.9 Å². The van der Waals surface area contributed by atoms with Crippen LogP contribution in [0.1, 0.15) is 23.8 Å². The summed E-state index contributed by atoms with van der Waals surface area (Å²) in [4.78, 5) is 18.8. The SMILES string of the molecule is COc1ccc(OC)c(CN2CC(c3nc(-c4ccc(F)c(Br)c4)no3)CC2=O)c1. The van der Waals surface area contributed by atoms with Gasteiger partial charge in [0.1, 0.15) is 17.3 Å². The molecule has 1 atom stereocenters. The first-order chi connectivity index (χ1) is 14.5. The van der Waals surface area contributed by atoms with E-state index in [2.05, 4.69) is 26.1 Å². The Bertz CT molecular complexity index is 1090. The van der Waals surface area contributed by atoms with Crippen LogP contribution in [0.25, 0.3) is 11.4 Å². The molecule has 7 nitrogen and oxygen atoms in total. The van der Waals surface area contributed by atoms with E-state index in [0.29, 0.717) is 46.3 Å². The van der Waals surface area contributed by atoms with Crippen LogP contribution in [-0.4, -0.2) is 41.7 Å². The molecule has 1 amide bonds. The summed E-state index contributed by atoms with van der Waals surface area (Å²) in [5, 5.41) is 3.99. The molecule has 2 aromatic carbocycles. The summed E-state index contributed by atoms with van der Waals surface area (Å²) in [5.74, 6) is 1.54. The average molecular weight is 476 g/mol. The fourth-order valence-corrected chi connectivity index (χ4v) is 3.83. The molecule has 0 N–H and O–H groups in total. The average Bonchev–Trinajstić information content (AvgIpc) is 3.37. The predicted octanol–water partition coefficient (Wildman–Crippen LogP) is 4.17. The molecule has 4 rings (SSSR count). The van der Waals surface area contributed by atoms with Crippen LogP contribution in [0.3, 0.4) is 0 Å². The molecule has 9 heteroatoms. The van der Waals surface area contributed by atoms with Gasteiger partial charge in [-0.2, -0.15) is 4.98 Å². The molecule has 1 aromatic heterocycles. The van der Waals surface area contributed by atoms with Crippen molar-refractivity contribution in [3.05, 3.63) is 58.1 Å². The van der Waals surface area contributed by atoms with Gasteiger partial charge >= 0.3 is 0 Å². The maximum atomic E-state index is 13.5. The molecule has 1 fully saturated rings. The van der Waals surface area contributed by atoms with Crippen molar-refractivity contribution in [2.75, 3.05) is 20.8 Å². The normalized spacial score (nSPS) is 16.2. The van der Waals surface area contributed by atoms with Crippen molar-refractivity contribution in [1.29, 1.82) is 0 Å². The zero-order valence-corrected chi connectivity index (χ0v) is 18.0. The van der Waals surface area contributed by atoms with Crippen molar-refractivity contribution in [2.24, 2.45) is 0 Å². The Labute approximate surface area is 180 Å². The van der Waals surface area contributed by atoms with Crippen LogP contribution in [0.4, 0.5) is 4.39 Å². The Morgan fingerprint density at radius 1 is 1.23 bits per heavy atom. The molecule has 2 heterocycles. The molecule has 30 heavy (non-hydrogen) atoms. The summed E-state index contributed by atoms with van der Waals surface area (Å²) in [5.41, 5.74) is 1.48. The third-order valence-corrected chi connectivity index (χ3v) is 5.64. The second-order valence-corrected chi connectivity index (χ2v) is 7.79. The van der Waals surface area contributed by atoms with Crippen LogP contribution in [0, 0.1) is 5.82 Å². The minimum Gasteiger partial charge on any atom is -0.497 e. The molecular formula is C21H19BrFN3O4. The van der Waals surface area contributed by atoms with Crippen LogP contribution < -0.4 is 9.47 Å². The molecule has 0 aliphatic carbocycles. The number of ether oxygens (including phenoxy) is 2. The van der Waals surface area contributed by atoms with Crippen LogP contribution in [0.15, 0.2) is 45.4 Å². The van der Waals surface area contributed by atoms with Gasteiger partial charge in [0.25, 0.3) is 0 Å². The molecule has 1 aliphatic heterocycles. The van der Waals surface area contributed by atoms with Gasteiger partial charge in [0, 0.05) is 30.6 Å². The second kappa shape index (κ2) is 8.43. The lowest BCUT2D eigenvalue weighted by Crippen LogP contribution is -2.24. The summed E-state index contributed by atoms with van der Waals surface area (Å²) < 4.78 is 29.9. The summed E-state index contributed by atoms with van der Waals surface area (Å²) in [6, 6.07) is 9.98. The minimum atomic E-state index is -0.368. The Balaban J connectivity index is 1.50. The van der Waals surface area contributed by atoms with E-state index in [1.807, 2.05) is 18.2 Å². The number of likely N-dealkylation sites (tertiary alicyclic amines) is 1. The number of methoxy groups -OCH3 is 2. The first-order valence-electron chi connectivity index (χ1n) is 9.26.